The topological polar surface area (TPSA) is 74.5 Å². The van der Waals surface area contributed by atoms with Crippen LogP contribution in [0, 0.1) is 0 Å². The molecule has 0 unspecified atom stereocenters. The molecule has 5 nitrogen and oxygen atoms in total. The first-order valence-corrected chi connectivity index (χ1v) is 5.14. The largest absolute Gasteiger partial charge is 0.265 e. The average molecular weight is 217 g/mol. The van der Waals surface area contributed by atoms with E-state index in [4.69, 9.17) is 5.53 Å². The molecular weight excluding hydrogens is 210 g/mol. The Labute approximate surface area is 90.1 Å². The van der Waals surface area contributed by atoms with E-state index >= 15 is 0 Å². The van der Waals surface area contributed by atoms with Gasteiger partial charge in [0.05, 0.1) is 17.2 Å². The molecule has 0 aliphatic heterocycles. The summed E-state index contributed by atoms with van der Waals surface area (Å²) >= 11 is 1.49. The highest BCUT2D eigenvalue weighted by molar-refractivity contribution is 7.09. The van der Waals surface area contributed by atoms with E-state index in [0.29, 0.717) is 6.54 Å². The van der Waals surface area contributed by atoms with E-state index in [0.717, 1.165) is 16.3 Å². The van der Waals surface area contributed by atoms with Gasteiger partial charge in [0.25, 0.3) is 0 Å². The first-order chi connectivity index (χ1) is 7.40. The lowest BCUT2D eigenvalue weighted by atomic mass is 10.2. The first-order valence-electron chi connectivity index (χ1n) is 4.26. The number of rotatable bonds is 3. The van der Waals surface area contributed by atoms with Crippen molar-refractivity contribution in [2.24, 2.45) is 5.11 Å². The standard InChI is InChI=1S/C9H7N5S/c10-14-12-5-9-13-8(6-15-9)7-1-3-11-4-2-7/h1-4,6H,5H2. The molecule has 0 spiro atoms. The van der Waals surface area contributed by atoms with E-state index in [1.807, 2.05) is 17.5 Å². The number of azide groups is 1. The number of thiazole rings is 1. The number of hydrogen-bond acceptors (Lipinski definition) is 4. The quantitative estimate of drug-likeness (QED) is 0.450. The summed E-state index contributed by atoms with van der Waals surface area (Å²) < 4.78 is 0. The minimum Gasteiger partial charge on any atom is -0.265 e. The van der Waals surface area contributed by atoms with Crippen molar-refractivity contribution in [1.82, 2.24) is 9.97 Å². The van der Waals surface area contributed by atoms with Crippen molar-refractivity contribution in [2.45, 2.75) is 6.54 Å². The first kappa shape index (κ1) is 9.64. The molecule has 0 N–H and O–H groups in total. The molecular formula is C9H7N5S. The molecule has 2 aromatic rings. The van der Waals surface area contributed by atoms with E-state index in [1.54, 1.807) is 12.4 Å². The number of aromatic nitrogens is 2. The monoisotopic (exact) mass is 217 g/mol. The van der Waals surface area contributed by atoms with Crippen LogP contribution in [0.25, 0.3) is 21.7 Å². The molecule has 0 amide bonds. The Morgan fingerprint density at radius 3 is 2.93 bits per heavy atom. The van der Waals surface area contributed by atoms with Crippen LogP contribution >= 0.6 is 11.3 Å². The van der Waals surface area contributed by atoms with E-state index in [9.17, 15) is 0 Å². The second-order valence-electron chi connectivity index (χ2n) is 2.75. The highest BCUT2D eigenvalue weighted by Gasteiger charge is 2.02. The predicted molar refractivity (Wildman–Crippen MR) is 58.2 cm³/mol. The molecule has 0 atom stereocenters. The molecule has 0 aliphatic rings. The number of nitrogens with zero attached hydrogens (tertiary/aromatic N) is 5. The molecule has 6 heteroatoms. The van der Waals surface area contributed by atoms with Gasteiger partial charge in [-0.05, 0) is 17.7 Å². The molecule has 0 bridgehead atoms. The molecule has 0 radical (unpaired) electrons. The minimum absolute atomic E-state index is 0.312. The average Bonchev–Trinajstić information content (AvgIpc) is 2.76. The van der Waals surface area contributed by atoms with Gasteiger partial charge in [-0.25, -0.2) is 4.98 Å². The van der Waals surface area contributed by atoms with Gasteiger partial charge in [0.1, 0.15) is 0 Å². The molecule has 0 saturated heterocycles. The lowest BCUT2D eigenvalue weighted by Gasteiger charge is -1.93. The maximum atomic E-state index is 8.18. The Kier molecular flexibility index (Phi) is 2.92. The van der Waals surface area contributed by atoms with Gasteiger partial charge in [-0.2, -0.15) is 0 Å². The van der Waals surface area contributed by atoms with Gasteiger partial charge in [0.15, 0.2) is 0 Å². The Morgan fingerprint density at radius 2 is 2.20 bits per heavy atom. The SMILES string of the molecule is [N-]=[N+]=NCc1nc(-c2ccncc2)cs1. The van der Waals surface area contributed by atoms with Gasteiger partial charge in [-0.1, -0.05) is 5.11 Å². The summed E-state index contributed by atoms with van der Waals surface area (Å²) in [5.41, 5.74) is 10.1. The lowest BCUT2D eigenvalue weighted by molar-refractivity contribution is 1.02. The van der Waals surface area contributed by atoms with Crippen LogP contribution in [0.15, 0.2) is 35.0 Å². The maximum absolute atomic E-state index is 8.18. The third-order valence-corrected chi connectivity index (χ3v) is 2.63. The van der Waals surface area contributed by atoms with Crippen molar-refractivity contribution in [3.8, 4) is 11.3 Å². The predicted octanol–water partition coefficient (Wildman–Crippen LogP) is 3.02. The summed E-state index contributed by atoms with van der Waals surface area (Å²) in [6.07, 6.45) is 3.45. The van der Waals surface area contributed by atoms with Gasteiger partial charge in [0, 0.05) is 28.2 Å². The zero-order chi connectivity index (χ0) is 10.5. The van der Waals surface area contributed by atoms with E-state index in [2.05, 4.69) is 20.0 Å². The highest BCUT2D eigenvalue weighted by atomic mass is 32.1. The van der Waals surface area contributed by atoms with Gasteiger partial charge >= 0.3 is 0 Å². The normalized spacial score (nSPS) is 9.60. The molecule has 15 heavy (non-hydrogen) atoms. The third-order valence-electron chi connectivity index (χ3n) is 1.80. The molecule has 0 fully saturated rings. The second-order valence-corrected chi connectivity index (χ2v) is 3.69. The van der Waals surface area contributed by atoms with Gasteiger partial charge in [-0.3, -0.25) is 4.98 Å². The van der Waals surface area contributed by atoms with Crippen LogP contribution in [0.2, 0.25) is 0 Å². The molecule has 2 heterocycles. The van der Waals surface area contributed by atoms with Crippen LogP contribution in [0.1, 0.15) is 5.01 Å². The molecule has 0 aliphatic carbocycles. The number of hydrogen-bond donors (Lipinski definition) is 0. The molecule has 0 saturated carbocycles. The van der Waals surface area contributed by atoms with Crippen LogP contribution < -0.4 is 0 Å². The summed E-state index contributed by atoms with van der Waals surface area (Å²) in [6.45, 7) is 0.312. The Balaban J connectivity index is 2.24. The Hall–Kier alpha value is -1.91. The highest BCUT2D eigenvalue weighted by Crippen LogP contribution is 2.21. The summed E-state index contributed by atoms with van der Waals surface area (Å²) in [6, 6.07) is 3.79. The second kappa shape index (κ2) is 4.54. The third kappa shape index (κ3) is 2.31. The van der Waals surface area contributed by atoms with Crippen LogP contribution in [0.3, 0.4) is 0 Å². The van der Waals surface area contributed by atoms with Gasteiger partial charge < -0.3 is 0 Å². The molecule has 0 aromatic carbocycles. The maximum Gasteiger partial charge on any atom is 0.0990 e. The number of pyridine rings is 1. The van der Waals surface area contributed by atoms with Crippen LogP contribution in [-0.4, -0.2) is 9.97 Å². The lowest BCUT2D eigenvalue weighted by Crippen LogP contribution is -1.81. The van der Waals surface area contributed by atoms with Gasteiger partial charge in [-0.15, -0.1) is 11.3 Å². The van der Waals surface area contributed by atoms with E-state index in [1.165, 1.54) is 11.3 Å². The fraction of sp³-hybridized carbons (Fsp3) is 0.111. The van der Waals surface area contributed by atoms with Crippen LogP contribution in [0.4, 0.5) is 0 Å². The van der Waals surface area contributed by atoms with Crippen molar-refractivity contribution in [2.75, 3.05) is 0 Å². The van der Waals surface area contributed by atoms with Crippen molar-refractivity contribution in [3.63, 3.8) is 0 Å². The summed E-state index contributed by atoms with van der Waals surface area (Å²) in [7, 11) is 0. The smallest absolute Gasteiger partial charge is 0.0990 e. The fourth-order valence-electron chi connectivity index (χ4n) is 1.13. The van der Waals surface area contributed by atoms with Crippen LogP contribution in [0.5, 0.6) is 0 Å². The molecule has 2 aromatic heterocycles. The Bertz CT molecular complexity index is 486. The fourth-order valence-corrected chi connectivity index (χ4v) is 1.85. The Morgan fingerprint density at radius 1 is 1.40 bits per heavy atom. The van der Waals surface area contributed by atoms with Crippen molar-refractivity contribution in [1.29, 1.82) is 0 Å². The van der Waals surface area contributed by atoms with Crippen molar-refractivity contribution in [3.05, 3.63) is 45.4 Å². The zero-order valence-electron chi connectivity index (χ0n) is 7.74. The summed E-state index contributed by atoms with van der Waals surface area (Å²) in [5.74, 6) is 0. The van der Waals surface area contributed by atoms with Gasteiger partial charge in [0.2, 0.25) is 0 Å². The summed E-state index contributed by atoms with van der Waals surface area (Å²) in [4.78, 5) is 11.0. The van der Waals surface area contributed by atoms with Crippen LogP contribution in [-0.2, 0) is 6.54 Å². The molecule has 74 valence electrons. The molecule has 2 rings (SSSR count). The van der Waals surface area contributed by atoms with E-state index < -0.39 is 0 Å². The zero-order valence-corrected chi connectivity index (χ0v) is 8.55. The summed E-state index contributed by atoms with van der Waals surface area (Å²) in [5, 5.41) is 6.23. The van der Waals surface area contributed by atoms with Crippen molar-refractivity contribution < 1.29 is 0 Å². The van der Waals surface area contributed by atoms with E-state index in [-0.39, 0.29) is 0 Å². The minimum atomic E-state index is 0.312. The van der Waals surface area contributed by atoms with Crippen molar-refractivity contribution >= 4 is 11.3 Å².